The second-order valence-electron chi connectivity index (χ2n) is 8.13. The lowest BCUT2D eigenvalue weighted by Crippen LogP contribution is -2.40. The zero-order chi connectivity index (χ0) is 21.4. The average Bonchev–Trinajstić information content (AvgIpc) is 3.41. The largest absolute Gasteiger partial charge is 0.459 e. The van der Waals surface area contributed by atoms with Crippen molar-refractivity contribution in [2.45, 2.75) is 50.2 Å². The van der Waals surface area contributed by atoms with E-state index in [0.29, 0.717) is 21.8 Å². The number of rotatable bonds is 4. The molecule has 0 amide bonds. The highest BCUT2D eigenvalue weighted by Crippen LogP contribution is 2.44. The quantitative estimate of drug-likeness (QED) is 0.416. The molecule has 0 radical (unpaired) electrons. The molecule has 3 heterocycles. The predicted octanol–water partition coefficient (Wildman–Crippen LogP) is 6.95. The van der Waals surface area contributed by atoms with Crippen LogP contribution >= 0.6 is 35.4 Å². The fourth-order valence-electron chi connectivity index (χ4n) is 4.77. The molecule has 2 aromatic heterocycles. The van der Waals surface area contributed by atoms with E-state index in [1.54, 1.807) is 6.07 Å². The van der Waals surface area contributed by atoms with Crippen LogP contribution in [0.15, 0.2) is 59.1 Å². The van der Waals surface area contributed by atoms with Crippen LogP contribution < -0.4 is 5.32 Å². The van der Waals surface area contributed by atoms with Gasteiger partial charge in [-0.2, -0.15) is 0 Å². The van der Waals surface area contributed by atoms with Crippen LogP contribution in [0, 0.1) is 0 Å². The van der Waals surface area contributed by atoms with Crippen molar-refractivity contribution in [2.24, 2.45) is 0 Å². The van der Waals surface area contributed by atoms with Gasteiger partial charge in [0.05, 0.1) is 21.8 Å². The number of benzene rings is 1. The van der Waals surface area contributed by atoms with E-state index in [2.05, 4.69) is 15.2 Å². The number of hydrogen-bond donors (Lipinski definition) is 1. The van der Waals surface area contributed by atoms with Crippen LogP contribution in [-0.2, 0) is 0 Å². The van der Waals surface area contributed by atoms with E-state index in [1.165, 1.54) is 19.3 Å². The molecule has 7 heteroatoms. The van der Waals surface area contributed by atoms with Crippen molar-refractivity contribution in [3.63, 3.8) is 0 Å². The standard InChI is InChI=1S/C24H23Cl2N3OS/c25-17-10-6-9-16(21(17)26)19-12-13-20(30-19)23-22(18-11-4-5-14-27-18)28-24(31)29(23)15-7-2-1-3-8-15/h4-6,9-15,22-23H,1-3,7-8H2,(H,28,31)/t22-,23-/m0/s1. The van der Waals surface area contributed by atoms with Crippen molar-refractivity contribution in [3.8, 4) is 11.3 Å². The molecular formula is C24H23Cl2N3OS. The summed E-state index contributed by atoms with van der Waals surface area (Å²) in [5.41, 5.74) is 1.74. The third-order valence-electron chi connectivity index (χ3n) is 6.24. The second-order valence-corrected chi connectivity index (χ2v) is 9.30. The molecule has 2 atom stereocenters. The Morgan fingerprint density at radius 2 is 1.84 bits per heavy atom. The van der Waals surface area contributed by atoms with Crippen molar-refractivity contribution < 1.29 is 4.42 Å². The maximum atomic E-state index is 6.45. The summed E-state index contributed by atoms with van der Waals surface area (Å²) < 4.78 is 6.40. The number of nitrogens with zero attached hydrogens (tertiary/aromatic N) is 2. The molecule has 31 heavy (non-hydrogen) atoms. The maximum absolute atomic E-state index is 6.45. The first-order chi connectivity index (χ1) is 15.1. The molecule has 2 aliphatic rings. The van der Waals surface area contributed by atoms with Crippen molar-refractivity contribution in [3.05, 3.63) is 76.2 Å². The van der Waals surface area contributed by atoms with Gasteiger partial charge in [0.15, 0.2) is 5.11 Å². The minimum atomic E-state index is -0.0792. The summed E-state index contributed by atoms with van der Waals surface area (Å²) in [6.45, 7) is 0. The van der Waals surface area contributed by atoms with Gasteiger partial charge in [-0.25, -0.2) is 0 Å². The lowest BCUT2D eigenvalue weighted by molar-refractivity contribution is 0.179. The van der Waals surface area contributed by atoms with Crippen molar-refractivity contribution >= 4 is 40.5 Å². The molecule has 1 aromatic carbocycles. The van der Waals surface area contributed by atoms with E-state index in [0.717, 1.165) is 35.0 Å². The van der Waals surface area contributed by atoms with E-state index in [-0.39, 0.29) is 12.1 Å². The fraction of sp³-hybridized carbons (Fsp3) is 0.333. The fourth-order valence-corrected chi connectivity index (χ4v) is 5.56. The van der Waals surface area contributed by atoms with Crippen molar-refractivity contribution in [2.75, 3.05) is 0 Å². The normalized spacial score (nSPS) is 22.0. The second kappa shape index (κ2) is 8.81. The van der Waals surface area contributed by atoms with E-state index >= 15 is 0 Å². The van der Waals surface area contributed by atoms with Gasteiger partial charge in [0.25, 0.3) is 0 Å². The van der Waals surface area contributed by atoms with Gasteiger partial charge in [-0.3, -0.25) is 4.98 Å². The summed E-state index contributed by atoms with van der Waals surface area (Å²) in [6, 6.07) is 15.8. The topological polar surface area (TPSA) is 41.3 Å². The van der Waals surface area contributed by atoms with E-state index in [4.69, 9.17) is 39.8 Å². The Kier molecular flexibility index (Phi) is 5.91. The van der Waals surface area contributed by atoms with Crippen LogP contribution in [-0.4, -0.2) is 21.0 Å². The number of aromatic nitrogens is 1. The minimum absolute atomic E-state index is 0.0720. The average molecular weight is 472 g/mol. The summed E-state index contributed by atoms with van der Waals surface area (Å²) in [4.78, 5) is 6.96. The lowest BCUT2D eigenvalue weighted by Gasteiger charge is -2.36. The van der Waals surface area contributed by atoms with Crippen molar-refractivity contribution in [1.29, 1.82) is 0 Å². The van der Waals surface area contributed by atoms with Crippen LogP contribution in [0.5, 0.6) is 0 Å². The molecule has 0 spiro atoms. The van der Waals surface area contributed by atoms with Gasteiger partial charge in [-0.1, -0.05) is 54.6 Å². The van der Waals surface area contributed by atoms with Gasteiger partial charge >= 0.3 is 0 Å². The third kappa shape index (κ3) is 3.95. The smallest absolute Gasteiger partial charge is 0.170 e. The third-order valence-corrected chi connectivity index (χ3v) is 7.39. The first-order valence-electron chi connectivity index (χ1n) is 10.7. The van der Waals surface area contributed by atoms with Crippen LogP contribution in [0.25, 0.3) is 11.3 Å². The lowest BCUT2D eigenvalue weighted by atomic mass is 9.92. The van der Waals surface area contributed by atoms with Gasteiger partial charge in [0.2, 0.25) is 0 Å². The summed E-state index contributed by atoms with van der Waals surface area (Å²) in [7, 11) is 0. The van der Waals surface area contributed by atoms with E-state index in [1.807, 2.05) is 48.7 Å². The Labute approximate surface area is 197 Å². The summed E-state index contributed by atoms with van der Waals surface area (Å²) in [6.07, 6.45) is 7.84. The van der Waals surface area contributed by atoms with Gasteiger partial charge in [-0.05, 0) is 61.5 Å². The first kappa shape index (κ1) is 20.8. The Balaban J connectivity index is 1.56. The van der Waals surface area contributed by atoms with Gasteiger partial charge in [-0.15, -0.1) is 0 Å². The van der Waals surface area contributed by atoms with Crippen LogP contribution in [0.3, 0.4) is 0 Å². The Hall–Kier alpha value is -2.08. The predicted molar refractivity (Wildman–Crippen MR) is 128 cm³/mol. The van der Waals surface area contributed by atoms with E-state index < -0.39 is 0 Å². The number of hydrogen-bond acceptors (Lipinski definition) is 3. The molecule has 1 saturated heterocycles. The Bertz CT molecular complexity index is 1080. The molecule has 1 N–H and O–H groups in total. The summed E-state index contributed by atoms with van der Waals surface area (Å²) in [5.74, 6) is 1.54. The number of nitrogens with one attached hydrogen (secondary N) is 1. The van der Waals surface area contributed by atoms with Crippen LogP contribution in [0.2, 0.25) is 10.0 Å². The van der Waals surface area contributed by atoms with Gasteiger partial charge < -0.3 is 14.6 Å². The molecule has 3 aromatic rings. The SMILES string of the molecule is S=C1N[C@@H](c2ccccn2)[C@H](c2ccc(-c3cccc(Cl)c3Cl)o2)N1C1CCCCC1. The zero-order valence-electron chi connectivity index (χ0n) is 16.9. The molecule has 160 valence electrons. The number of pyridine rings is 1. The van der Waals surface area contributed by atoms with E-state index in [9.17, 15) is 0 Å². The molecule has 1 aliphatic carbocycles. The summed E-state index contributed by atoms with van der Waals surface area (Å²) in [5, 5.41) is 5.30. The zero-order valence-corrected chi connectivity index (χ0v) is 19.3. The Morgan fingerprint density at radius 3 is 2.61 bits per heavy atom. The highest BCUT2D eigenvalue weighted by molar-refractivity contribution is 7.80. The molecule has 4 nitrogen and oxygen atoms in total. The molecule has 0 unspecified atom stereocenters. The highest BCUT2D eigenvalue weighted by atomic mass is 35.5. The van der Waals surface area contributed by atoms with Crippen molar-refractivity contribution in [1.82, 2.24) is 15.2 Å². The highest BCUT2D eigenvalue weighted by Gasteiger charge is 2.44. The van der Waals surface area contributed by atoms with Crippen LogP contribution in [0.1, 0.15) is 55.6 Å². The molecule has 1 aliphatic heterocycles. The Morgan fingerprint density at radius 1 is 1.00 bits per heavy atom. The molecule has 1 saturated carbocycles. The van der Waals surface area contributed by atoms with Gasteiger partial charge in [0, 0.05) is 17.8 Å². The van der Waals surface area contributed by atoms with Gasteiger partial charge in [0.1, 0.15) is 17.6 Å². The number of furan rings is 1. The summed E-state index contributed by atoms with van der Waals surface area (Å²) >= 11 is 18.5. The molecule has 5 rings (SSSR count). The first-order valence-corrected chi connectivity index (χ1v) is 11.8. The molecule has 0 bridgehead atoms. The maximum Gasteiger partial charge on any atom is 0.170 e. The minimum Gasteiger partial charge on any atom is -0.459 e. The monoisotopic (exact) mass is 471 g/mol. The van der Waals surface area contributed by atoms with Crippen LogP contribution in [0.4, 0.5) is 0 Å². The molecule has 2 fully saturated rings. The number of thiocarbonyl (C=S) groups is 1. The number of halogens is 2. The molecular weight excluding hydrogens is 449 g/mol.